The Morgan fingerprint density at radius 1 is 1.27 bits per heavy atom. The van der Waals surface area contributed by atoms with Crippen LogP contribution in [0.2, 0.25) is 0 Å². The number of amides is 1. The lowest BCUT2D eigenvalue weighted by atomic mass is 10.1. The maximum absolute atomic E-state index is 12.3. The van der Waals surface area contributed by atoms with E-state index in [1.54, 1.807) is 36.2 Å². The number of hydrogen-bond acceptors (Lipinski definition) is 4. The average molecular weight is 324 g/mol. The third-order valence-corrected chi connectivity index (χ3v) is 4.50. The number of carbonyl (C=O) groups excluding carboxylic acids is 2. The second-order valence-corrected chi connectivity index (χ2v) is 6.34. The summed E-state index contributed by atoms with van der Waals surface area (Å²) in [7, 11) is 0.190. The van der Waals surface area contributed by atoms with E-state index < -0.39 is 8.03 Å². The molecule has 0 N–H and O–H groups in total. The fourth-order valence-electron chi connectivity index (χ4n) is 2.08. The molecule has 0 saturated heterocycles. The van der Waals surface area contributed by atoms with Gasteiger partial charge >= 0.3 is 8.03 Å². The van der Waals surface area contributed by atoms with E-state index in [1.807, 2.05) is 6.92 Å². The summed E-state index contributed by atoms with van der Waals surface area (Å²) in [6.07, 6.45) is 3.81. The number of unbranched alkanes of at least 4 members (excludes halogenated alkanes) is 2. The number of nitrogens with zero attached hydrogens (tertiary/aromatic N) is 1. The molecule has 120 valence electrons. The molecule has 0 aliphatic rings. The third kappa shape index (κ3) is 6.04. The van der Waals surface area contributed by atoms with Gasteiger partial charge in [0.1, 0.15) is 0 Å². The van der Waals surface area contributed by atoms with Crippen LogP contribution in [0.3, 0.4) is 0 Å². The van der Waals surface area contributed by atoms with Gasteiger partial charge in [-0.3, -0.25) is 9.59 Å². The number of rotatable bonds is 10. The van der Waals surface area contributed by atoms with Crippen molar-refractivity contribution in [1.82, 2.24) is 4.90 Å². The van der Waals surface area contributed by atoms with E-state index >= 15 is 0 Å². The van der Waals surface area contributed by atoms with Crippen LogP contribution in [0.1, 0.15) is 46.9 Å². The SMILES string of the molecule is CCO[P+](=O)CCCCCN(C)C(=O)c1ccccc1C=O. The highest BCUT2D eigenvalue weighted by molar-refractivity contribution is 7.39. The topological polar surface area (TPSA) is 63.7 Å². The minimum absolute atomic E-state index is 0.150. The van der Waals surface area contributed by atoms with Gasteiger partial charge in [-0.1, -0.05) is 18.2 Å². The van der Waals surface area contributed by atoms with Crippen LogP contribution in [-0.4, -0.2) is 43.5 Å². The molecule has 0 spiro atoms. The summed E-state index contributed by atoms with van der Waals surface area (Å²) in [5.74, 6) is -0.150. The Labute approximate surface area is 132 Å². The van der Waals surface area contributed by atoms with Crippen LogP contribution in [0.25, 0.3) is 0 Å². The highest BCUT2D eigenvalue weighted by Gasteiger charge is 2.16. The van der Waals surface area contributed by atoms with E-state index in [0.717, 1.165) is 19.3 Å². The van der Waals surface area contributed by atoms with Crippen molar-refractivity contribution < 1.29 is 18.7 Å². The van der Waals surface area contributed by atoms with Crippen molar-refractivity contribution in [1.29, 1.82) is 0 Å². The molecule has 1 amide bonds. The summed E-state index contributed by atoms with van der Waals surface area (Å²) in [5, 5.41) is 0. The molecular weight excluding hydrogens is 301 g/mol. The number of aldehydes is 1. The number of benzene rings is 1. The van der Waals surface area contributed by atoms with Crippen LogP contribution in [0.4, 0.5) is 0 Å². The zero-order chi connectivity index (χ0) is 16.4. The molecule has 0 fully saturated rings. The van der Waals surface area contributed by atoms with E-state index in [4.69, 9.17) is 4.52 Å². The van der Waals surface area contributed by atoms with Gasteiger partial charge in [-0.15, -0.1) is 4.52 Å². The van der Waals surface area contributed by atoms with Gasteiger partial charge in [0.25, 0.3) is 5.91 Å². The molecule has 0 saturated carbocycles. The molecule has 0 aromatic heterocycles. The summed E-state index contributed by atoms with van der Waals surface area (Å²) < 4.78 is 16.3. The van der Waals surface area contributed by atoms with E-state index in [9.17, 15) is 14.2 Å². The zero-order valence-electron chi connectivity index (χ0n) is 13.2. The first-order valence-corrected chi connectivity index (χ1v) is 8.83. The molecule has 6 heteroatoms. The van der Waals surface area contributed by atoms with Crippen LogP contribution in [-0.2, 0) is 9.09 Å². The normalized spacial score (nSPS) is 11.1. The maximum atomic E-state index is 12.3. The predicted molar refractivity (Wildman–Crippen MR) is 86.7 cm³/mol. The van der Waals surface area contributed by atoms with Crippen LogP contribution >= 0.6 is 8.03 Å². The molecule has 0 radical (unpaired) electrons. The molecular formula is C16H23NO4P+. The van der Waals surface area contributed by atoms with E-state index in [0.29, 0.717) is 36.7 Å². The Balaban J connectivity index is 2.36. The Morgan fingerprint density at radius 2 is 2.00 bits per heavy atom. The van der Waals surface area contributed by atoms with Gasteiger partial charge in [0.15, 0.2) is 12.4 Å². The minimum atomic E-state index is -1.54. The molecule has 1 rings (SSSR count). The van der Waals surface area contributed by atoms with Gasteiger partial charge < -0.3 is 4.90 Å². The van der Waals surface area contributed by atoms with Crippen molar-refractivity contribution in [2.75, 3.05) is 26.4 Å². The molecule has 0 heterocycles. The lowest BCUT2D eigenvalue weighted by molar-refractivity contribution is 0.0789. The molecule has 0 aliphatic heterocycles. The average Bonchev–Trinajstić information content (AvgIpc) is 2.53. The Kier molecular flexibility index (Phi) is 8.56. The second kappa shape index (κ2) is 10.2. The summed E-state index contributed by atoms with van der Waals surface area (Å²) in [6.45, 7) is 2.91. The van der Waals surface area contributed by atoms with Crippen LogP contribution in [0, 0.1) is 0 Å². The minimum Gasteiger partial charge on any atom is -0.342 e. The molecule has 0 bridgehead atoms. The van der Waals surface area contributed by atoms with Crippen LogP contribution in [0.15, 0.2) is 24.3 Å². The lowest BCUT2D eigenvalue weighted by Gasteiger charge is -2.17. The molecule has 0 aliphatic carbocycles. The Morgan fingerprint density at radius 3 is 2.68 bits per heavy atom. The Hall–Kier alpha value is -1.58. The molecule has 22 heavy (non-hydrogen) atoms. The smallest absolute Gasteiger partial charge is 0.342 e. The van der Waals surface area contributed by atoms with Gasteiger partial charge in [0.2, 0.25) is 0 Å². The molecule has 1 atom stereocenters. The maximum Gasteiger partial charge on any atom is 0.508 e. The van der Waals surface area contributed by atoms with Crippen LogP contribution < -0.4 is 0 Å². The van der Waals surface area contributed by atoms with Crippen molar-refractivity contribution in [2.24, 2.45) is 0 Å². The second-order valence-electron chi connectivity index (χ2n) is 4.97. The predicted octanol–water partition coefficient (Wildman–Crippen LogP) is 3.52. The van der Waals surface area contributed by atoms with Crippen molar-refractivity contribution >= 4 is 20.2 Å². The van der Waals surface area contributed by atoms with Gasteiger partial charge in [0, 0.05) is 19.2 Å². The largest absolute Gasteiger partial charge is 0.508 e. The van der Waals surface area contributed by atoms with Crippen LogP contribution in [0.5, 0.6) is 0 Å². The summed E-state index contributed by atoms with van der Waals surface area (Å²) in [5.41, 5.74) is 0.840. The van der Waals surface area contributed by atoms with E-state index in [2.05, 4.69) is 0 Å². The van der Waals surface area contributed by atoms with Crippen molar-refractivity contribution in [3.05, 3.63) is 35.4 Å². The standard InChI is InChI=1S/C16H23NO4P/c1-3-21-22(20)12-8-4-7-11-17(2)16(19)15-10-6-5-9-14(15)13-18/h5-6,9-10,13H,3-4,7-8,11-12H2,1-2H3/q+1. The molecule has 5 nitrogen and oxygen atoms in total. The summed E-state index contributed by atoms with van der Waals surface area (Å²) in [4.78, 5) is 24.9. The van der Waals surface area contributed by atoms with Gasteiger partial charge in [-0.2, -0.15) is 0 Å². The van der Waals surface area contributed by atoms with E-state index in [1.165, 1.54) is 0 Å². The van der Waals surface area contributed by atoms with Crippen molar-refractivity contribution in [2.45, 2.75) is 26.2 Å². The highest BCUT2D eigenvalue weighted by Crippen LogP contribution is 2.23. The fourth-order valence-corrected chi connectivity index (χ4v) is 2.98. The van der Waals surface area contributed by atoms with Gasteiger partial charge in [0.05, 0.1) is 12.2 Å². The number of carbonyl (C=O) groups is 2. The summed E-state index contributed by atoms with van der Waals surface area (Å²) >= 11 is 0. The van der Waals surface area contributed by atoms with E-state index in [-0.39, 0.29) is 5.91 Å². The Bertz CT molecular complexity index is 519. The van der Waals surface area contributed by atoms with Gasteiger partial charge in [-0.25, -0.2) is 0 Å². The lowest BCUT2D eigenvalue weighted by Crippen LogP contribution is -2.28. The quantitative estimate of drug-likeness (QED) is 0.375. The van der Waals surface area contributed by atoms with Crippen molar-refractivity contribution in [3.63, 3.8) is 0 Å². The molecule has 1 aromatic carbocycles. The first-order chi connectivity index (χ1) is 10.6. The summed E-state index contributed by atoms with van der Waals surface area (Å²) in [6, 6.07) is 6.78. The monoisotopic (exact) mass is 324 g/mol. The number of hydrogen-bond donors (Lipinski definition) is 0. The zero-order valence-corrected chi connectivity index (χ0v) is 14.1. The molecule has 1 aromatic rings. The first kappa shape index (κ1) is 18.5. The van der Waals surface area contributed by atoms with Gasteiger partial charge in [-0.05, 0) is 36.8 Å². The highest BCUT2D eigenvalue weighted by atomic mass is 31.1. The third-order valence-electron chi connectivity index (χ3n) is 3.27. The molecule has 1 unspecified atom stereocenters. The van der Waals surface area contributed by atoms with Crippen molar-refractivity contribution in [3.8, 4) is 0 Å². The fraction of sp³-hybridized carbons (Fsp3) is 0.500. The first-order valence-electron chi connectivity index (χ1n) is 7.47.